The summed E-state index contributed by atoms with van der Waals surface area (Å²) in [7, 11) is 0. The molecule has 1 saturated heterocycles. The Labute approximate surface area is 90.9 Å². The fourth-order valence-electron chi connectivity index (χ4n) is 1.90. The van der Waals surface area contributed by atoms with E-state index in [0.29, 0.717) is 17.8 Å². The van der Waals surface area contributed by atoms with Gasteiger partial charge in [-0.05, 0) is 42.9 Å². The number of ether oxygens (including phenoxy) is 1. The summed E-state index contributed by atoms with van der Waals surface area (Å²) in [5.41, 5.74) is 2.16. The molecule has 82 valence electrons. The van der Waals surface area contributed by atoms with Gasteiger partial charge in [-0.15, -0.1) is 0 Å². The van der Waals surface area contributed by atoms with Gasteiger partial charge in [-0.2, -0.15) is 0 Å². The largest absolute Gasteiger partial charge is 0.508 e. The minimum absolute atomic E-state index is 0.412. The second kappa shape index (κ2) is 4.23. The van der Waals surface area contributed by atoms with E-state index >= 15 is 0 Å². The highest BCUT2D eigenvalue weighted by Crippen LogP contribution is 2.31. The van der Waals surface area contributed by atoms with E-state index in [2.05, 4.69) is 13.0 Å². The second-order valence-electron chi connectivity index (χ2n) is 4.50. The lowest BCUT2D eigenvalue weighted by atomic mass is 9.94. The molecular formula is C13H18O2. The first kappa shape index (κ1) is 10.5. The molecular weight excluding hydrogens is 188 g/mol. The average molecular weight is 206 g/mol. The Hall–Kier alpha value is -1.02. The molecule has 2 nitrogen and oxygen atoms in total. The van der Waals surface area contributed by atoms with Crippen molar-refractivity contribution in [2.45, 2.75) is 38.7 Å². The van der Waals surface area contributed by atoms with Crippen molar-refractivity contribution in [3.05, 3.63) is 29.3 Å². The third-order valence-electron chi connectivity index (χ3n) is 3.04. The lowest BCUT2D eigenvalue weighted by Gasteiger charge is -2.13. The van der Waals surface area contributed by atoms with Crippen molar-refractivity contribution in [1.82, 2.24) is 0 Å². The minimum atomic E-state index is 0.412. The Morgan fingerprint density at radius 3 is 2.87 bits per heavy atom. The minimum Gasteiger partial charge on any atom is -0.508 e. The van der Waals surface area contributed by atoms with Gasteiger partial charge in [-0.1, -0.05) is 19.1 Å². The molecule has 0 unspecified atom stereocenters. The molecule has 1 heterocycles. The molecule has 1 aromatic rings. The number of phenolic OH excluding ortho intramolecular Hbond substituents is 1. The molecule has 1 aromatic carbocycles. The smallest absolute Gasteiger partial charge is 0.119 e. The first-order chi connectivity index (χ1) is 7.16. The van der Waals surface area contributed by atoms with E-state index in [9.17, 15) is 5.11 Å². The first-order valence-corrected chi connectivity index (χ1v) is 5.58. The Morgan fingerprint density at radius 1 is 1.53 bits per heavy atom. The monoisotopic (exact) mass is 206 g/mol. The molecule has 1 fully saturated rings. The van der Waals surface area contributed by atoms with Gasteiger partial charge in [0.1, 0.15) is 5.75 Å². The molecule has 0 saturated carbocycles. The van der Waals surface area contributed by atoms with Gasteiger partial charge in [0.25, 0.3) is 0 Å². The van der Waals surface area contributed by atoms with Crippen molar-refractivity contribution >= 4 is 0 Å². The molecule has 0 aliphatic carbocycles. The zero-order valence-corrected chi connectivity index (χ0v) is 9.36. The summed E-state index contributed by atoms with van der Waals surface area (Å²) in [5, 5.41) is 9.81. The Bertz CT molecular complexity index is 342. The summed E-state index contributed by atoms with van der Waals surface area (Å²) in [4.78, 5) is 0. The summed E-state index contributed by atoms with van der Waals surface area (Å²) in [5.74, 6) is 0.842. The van der Waals surface area contributed by atoms with Crippen LogP contribution in [-0.4, -0.2) is 17.8 Å². The Balaban J connectivity index is 1.99. The number of rotatable bonds is 4. The summed E-state index contributed by atoms with van der Waals surface area (Å²) >= 11 is 0. The highest BCUT2D eigenvalue weighted by Gasteiger charge is 2.23. The first-order valence-electron chi connectivity index (χ1n) is 5.58. The van der Waals surface area contributed by atoms with Crippen LogP contribution in [0.4, 0.5) is 0 Å². The SMILES string of the molecule is Cc1ccc([C@@H](C)CC[C@@H]2CO2)c(O)c1. The third-order valence-corrected chi connectivity index (χ3v) is 3.04. The highest BCUT2D eigenvalue weighted by atomic mass is 16.6. The van der Waals surface area contributed by atoms with Crippen LogP contribution >= 0.6 is 0 Å². The molecule has 0 aromatic heterocycles. The summed E-state index contributed by atoms with van der Waals surface area (Å²) in [6.45, 7) is 5.07. The molecule has 1 aliphatic rings. The van der Waals surface area contributed by atoms with Crippen LogP contribution in [0.15, 0.2) is 18.2 Å². The molecule has 2 rings (SSSR count). The van der Waals surface area contributed by atoms with Crippen molar-refractivity contribution < 1.29 is 9.84 Å². The van der Waals surface area contributed by atoms with Crippen molar-refractivity contribution in [3.63, 3.8) is 0 Å². The maximum absolute atomic E-state index is 9.81. The fraction of sp³-hybridized carbons (Fsp3) is 0.538. The Kier molecular flexibility index (Phi) is 2.96. The van der Waals surface area contributed by atoms with Gasteiger partial charge < -0.3 is 9.84 Å². The van der Waals surface area contributed by atoms with E-state index in [1.54, 1.807) is 0 Å². The zero-order valence-electron chi connectivity index (χ0n) is 9.36. The molecule has 1 aliphatic heterocycles. The Morgan fingerprint density at radius 2 is 2.27 bits per heavy atom. The zero-order chi connectivity index (χ0) is 10.8. The molecule has 2 heteroatoms. The van der Waals surface area contributed by atoms with Crippen LogP contribution in [0.1, 0.15) is 36.8 Å². The maximum atomic E-state index is 9.81. The number of aryl methyl sites for hydroxylation is 1. The van der Waals surface area contributed by atoms with Crippen molar-refractivity contribution in [2.75, 3.05) is 6.61 Å². The van der Waals surface area contributed by atoms with Gasteiger partial charge in [0.15, 0.2) is 0 Å². The van der Waals surface area contributed by atoms with Gasteiger partial charge in [-0.25, -0.2) is 0 Å². The topological polar surface area (TPSA) is 32.8 Å². The number of epoxide rings is 1. The number of hydrogen-bond acceptors (Lipinski definition) is 2. The fourth-order valence-corrected chi connectivity index (χ4v) is 1.90. The highest BCUT2D eigenvalue weighted by molar-refractivity contribution is 5.38. The molecule has 15 heavy (non-hydrogen) atoms. The van der Waals surface area contributed by atoms with Crippen molar-refractivity contribution in [1.29, 1.82) is 0 Å². The van der Waals surface area contributed by atoms with Crippen LogP contribution in [0.5, 0.6) is 5.75 Å². The van der Waals surface area contributed by atoms with Gasteiger partial charge >= 0.3 is 0 Å². The molecule has 2 atom stereocenters. The van der Waals surface area contributed by atoms with Crippen molar-refractivity contribution in [3.8, 4) is 5.75 Å². The van der Waals surface area contributed by atoms with E-state index in [1.807, 2.05) is 19.1 Å². The number of hydrogen-bond donors (Lipinski definition) is 1. The van der Waals surface area contributed by atoms with Crippen LogP contribution < -0.4 is 0 Å². The summed E-state index contributed by atoms with van der Waals surface area (Å²) in [6, 6.07) is 5.92. The van der Waals surface area contributed by atoms with E-state index in [1.165, 1.54) is 0 Å². The maximum Gasteiger partial charge on any atom is 0.119 e. The molecule has 0 amide bonds. The van der Waals surface area contributed by atoms with E-state index in [0.717, 1.165) is 30.6 Å². The summed E-state index contributed by atoms with van der Waals surface area (Å²) < 4.78 is 5.18. The van der Waals surface area contributed by atoms with Gasteiger partial charge in [-0.3, -0.25) is 0 Å². The number of benzene rings is 1. The molecule has 1 N–H and O–H groups in total. The van der Waals surface area contributed by atoms with Crippen LogP contribution in [0.25, 0.3) is 0 Å². The van der Waals surface area contributed by atoms with E-state index < -0.39 is 0 Å². The van der Waals surface area contributed by atoms with E-state index in [-0.39, 0.29) is 0 Å². The number of aromatic hydroxyl groups is 1. The van der Waals surface area contributed by atoms with Gasteiger partial charge in [0.05, 0.1) is 12.7 Å². The van der Waals surface area contributed by atoms with Crippen LogP contribution in [0.3, 0.4) is 0 Å². The van der Waals surface area contributed by atoms with E-state index in [4.69, 9.17) is 4.74 Å². The average Bonchev–Trinajstić information content (AvgIpc) is 2.97. The molecule has 0 spiro atoms. The van der Waals surface area contributed by atoms with Gasteiger partial charge in [0, 0.05) is 0 Å². The van der Waals surface area contributed by atoms with Crippen LogP contribution in [-0.2, 0) is 4.74 Å². The second-order valence-corrected chi connectivity index (χ2v) is 4.50. The standard InChI is InChI=1S/C13H18O2/c1-9-3-6-12(13(14)7-9)10(2)4-5-11-8-15-11/h3,6-7,10-11,14H,4-5,8H2,1-2H3/t10-,11+/m0/s1. The predicted molar refractivity (Wildman–Crippen MR) is 60.2 cm³/mol. The number of phenols is 1. The quantitative estimate of drug-likeness (QED) is 0.768. The molecule has 0 radical (unpaired) electrons. The van der Waals surface area contributed by atoms with Crippen molar-refractivity contribution in [2.24, 2.45) is 0 Å². The summed E-state index contributed by atoms with van der Waals surface area (Å²) in [6.07, 6.45) is 2.68. The normalized spacial score (nSPS) is 21.3. The predicted octanol–water partition coefficient (Wildman–Crippen LogP) is 2.98. The lowest BCUT2D eigenvalue weighted by molar-refractivity contribution is 0.384. The van der Waals surface area contributed by atoms with Crippen LogP contribution in [0, 0.1) is 6.92 Å². The van der Waals surface area contributed by atoms with Crippen LogP contribution in [0.2, 0.25) is 0 Å². The van der Waals surface area contributed by atoms with Gasteiger partial charge in [0.2, 0.25) is 0 Å². The lowest BCUT2D eigenvalue weighted by Crippen LogP contribution is -1.97. The third kappa shape index (κ3) is 2.72. The molecule has 0 bridgehead atoms.